The van der Waals surface area contributed by atoms with Crippen molar-refractivity contribution in [2.24, 2.45) is 0 Å². The molecule has 0 radical (unpaired) electrons. The first-order chi connectivity index (χ1) is 18.5. The Hall–Kier alpha value is -2.87. The molecule has 14 heteroatoms. The van der Waals surface area contributed by atoms with Gasteiger partial charge in [0.2, 0.25) is 15.9 Å². The van der Waals surface area contributed by atoms with E-state index in [1.807, 2.05) is 0 Å². The Morgan fingerprint density at radius 2 is 1.67 bits per heavy atom. The van der Waals surface area contributed by atoms with E-state index in [-0.39, 0.29) is 63.3 Å². The molecule has 4 rings (SSSR count). The molecule has 0 atom stereocenters. The third kappa shape index (κ3) is 6.48. The number of ether oxygens (including phenoxy) is 2. The Labute approximate surface area is 237 Å². The predicted octanol–water partition coefficient (Wildman–Crippen LogP) is 3.86. The predicted molar refractivity (Wildman–Crippen MR) is 149 cm³/mol. The van der Waals surface area contributed by atoms with Gasteiger partial charge in [-0.15, -0.1) is 0 Å². The summed E-state index contributed by atoms with van der Waals surface area (Å²) < 4.78 is 66.1. The minimum atomic E-state index is -4.24. The van der Waals surface area contributed by atoms with E-state index in [9.17, 15) is 21.6 Å². The van der Waals surface area contributed by atoms with E-state index in [4.69, 9.17) is 32.7 Å². The highest BCUT2D eigenvalue weighted by Gasteiger charge is 2.30. The van der Waals surface area contributed by atoms with E-state index in [0.717, 1.165) is 4.31 Å². The fourth-order valence-electron chi connectivity index (χ4n) is 3.90. The summed E-state index contributed by atoms with van der Waals surface area (Å²) in [6.07, 6.45) is 0. The number of hydrogen-bond acceptors (Lipinski definition) is 7. The second-order valence-electron chi connectivity index (χ2n) is 8.35. The van der Waals surface area contributed by atoms with Crippen LogP contribution in [0.25, 0.3) is 0 Å². The normalized spacial score (nSPS) is 14.5. The molecule has 1 N–H and O–H groups in total. The van der Waals surface area contributed by atoms with Gasteiger partial charge in [0.05, 0.1) is 46.5 Å². The fourth-order valence-corrected chi connectivity index (χ4v) is 7.36. The van der Waals surface area contributed by atoms with Crippen LogP contribution in [0.4, 0.5) is 11.4 Å². The van der Waals surface area contributed by atoms with Crippen molar-refractivity contribution in [3.63, 3.8) is 0 Å². The number of amides is 1. The highest BCUT2D eigenvalue weighted by Crippen LogP contribution is 2.33. The molecule has 3 aromatic carbocycles. The molecule has 0 saturated carbocycles. The molecular weight excluding hydrogens is 589 g/mol. The first kappa shape index (κ1) is 29.1. The van der Waals surface area contributed by atoms with Crippen molar-refractivity contribution in [2.45, 2.75) is 9.79 Å². The summed E-state index contributed by atoms with van der Waals surface area (Å²) in [5, 5.41) is 2.89. The summed E-state index contributed by atoms with van der Waals surface area (Å²) in [5.74, 6) is -0.578. The van der Waals surface area contributed by atoms with Gasteiger partial charge in [0.25, 0.3) is 10.0 Å². The van der Waals surface area contributed by atoms with Crippen molar-refractivity contribution in [1.82, 2.24) is 4.31 Å². The van der Waals surface area contributed by atoms with Gasteiger partial charge < -0.3 is 14.8 Å². The van der Waals surface area contributed by atoms with Gasteiger partial charge in [0.15, 0.2) is 0 Å². The van der Waals surface area contributed by atoms with Crippen molar-refractivity contribution in [1.29, 1.82) is 0 Å². The molecule has 0 spiro atoms. The van der Waals surface area contributed by atoms with Crippen molar-refractivity contribution < 1.29 is 31.1 Å². The van der Waals surface area contributed by atoms with Gasteiger partial charge in [-0.3, -0.25) is 9.10 Å². The van der Waals surface area contributed by atoms with Gasteiger partial charge in [-0.1, -0.05) is 41.4 Å². The van der Waals surface area contributed by atoms with E-state index in [2.05, 4.69) is 5.32 Å². The Bertz CT molecular complexity index is 1560. The molecule has 1 fully saturated rings. The smallest absolute Gasteiger partial charge is 0.264 e. The molecule has 1 saturated heterocycles. The molecule has 39 heavy (non-hydrogen) atoms. The summed E-state index contributed by atoms with van der Waals surface area (Å²) in [6.45, 7) is 0.270. The minimum Gasteiger partial charge on any atom is -0.495 e. The van der Waals surface area contributed by atoms with Gasteiger partial charge in [0, 0.05) is 18.1 Å². The third-order valence-corrected chi connectivity index (χ3v) is 10.1. The number of halogens is 2. The number of benzene rings is 3. The Kier molecular flexibility index (Phi) is 9.04. The largest absolute Gasteiger partial charge is 0.495 e. The topological polar surface area (TPSA) is 122 Å². The average molecular weight is 615 g/mol. The standard InChI is InChI=1S/C25H25Cl2N3O7S2/c1-36-24-10-8-20(38(32,33)29-11-13-37-14-12-29)16-22(24)28-25(31)17-30(23-9-7-18(26)15-21(23)27)39(34,35)19-5-3-2-4-6-19/h2-10,15-16H,11-14,17H2,1H3,(H,28,31). The van der Waals surface area contributed by atoms with Crippen LogP contribution in [0, 0.1) is 0 Å². The van der Waals surface area contributed by atoms with E-state index in [1.54, 1.807) is 18.2 Å². The van der Waals surface area contributed by atoms with E-state index in [1.165, 1.54) is 59.9 Å². The van der Waals surface area contributed by atoms with Crippen LogP contribution in [-0.4, -0.2) is 67.0 Å². The highest BCUT2D eigenvalue weighted by atomic mass is 35.5. The quantitative estimate of drug-likeness (QED) is 0.389. The number of morpholine rings is 1. The molecule has 0 bridgehead atoms. The number of nitrogens with one attached hydrogen (secondary N) is 1. The minimum absolute atomic E-state index is 0.0194. The zero-order valence-corrected chi connectivity index (χ0v) is 23.9. The number of methoxy groups -OCH3 is 1. The average Bonchev–Trinajstić information content (AvgIpc) is 2.93. The van der Waals surface area contributed by atoms with Crippen LogP contribution in [0.1, 0.15) is 0 Å². The number of rotatable bonds is 9. The number of sulfonamides is 2. The second-order valence-corrected chi connectivity index (χ2v) is 13.0. The molecule has 1 heterocycles. The lowest BCUT2D eigenvalue weighted by molar-refractivity contribution is -0.114. The maximum atomic E-state index is 13.6. The van der Waals surface area contributed by atoms with Gasteiger partial charge in [-0.2, -0.15) is 4.31 Å². The molecule has 1 aliphatic rings. The summed E-state index contributed by atoms with van der Waals surface area (Å²) in [6, 6.07) is 15.8. The summed E-state index contributed by atoms with van der Waals surface area (Å²) in [5.41, 5.74) is 0.0896. The van der Waals surface area contributed by atoms with Crippen molar-refractivity contribution in [2.75, 3.05) is 49.6 Å². The first-order valence-electron chi connectivity index (χ1n) is 11.6. The number of anilines is 2. The Morgan fingerprint density at radius 3 is 2.31 bits per heavy atom. The fraction of sp³-hybridized carbons (Fsp3) is 0.240. The second kappa shape index (κ2) is 12.1. The lowest BCUT2D eigenvalue weighted by Crippen LogP contribution is -2.40. The Balaban J connectivity index is 1.67. The van der Waals surface area contributed by atoms with Crippen LogP contribution >= 0.6 is 23.2 Å². The van der Waals surface area contributed by atoms with E-state index >= 15 is 0 Å². The van der Waals surface area contributed by atoms with Crippen LogP contribution in [0.15, 0.2) is 76.5 Å². The first-order valence-corrected chi connectivity index (χ1v) is 15.3. The zero-order chi connectivity index (χ0) is 28.2. The maximum Gasteiger partial charge on any atom is 0.264 e. The zero-order valence-electron chi connectivity index (χ0n) is 20.7. The highest BCUT2D eigenvalue weighted by molar-refractivity contribution is 7.93. The van der Waals surface area contributed by atoms with Gasteiger partial charge in [0.1, 0.15) is 12.3 Å². The SMILES string of the molecule is COc1ccc(S(=O)(=O)N2CCOCC2)cc1NC(=O)CN(c1ccc(Cl)cc1Cl)S(=O)(=O)c1ccccc1. The van der Waals surface area contributed by atoms with Crippen molar-refractivity contribution in [3.05, 3.63) is 76.8 Å². The summed E-state index contributed by atoms with van der Waals surface area (Å²) in [7, 11) is -6.75. The third-order valence-electron chi connectivity index (χ3n) is 5.85. The molecule has 0 aliphatic carbocycles. The van der Waals surface area contributed by atoms with Crippen LogP contribution in [0.2, 0.25) is 10.0 Å². The number of nitrogens with zero attached hydrogens (tertiary/aromatic N) is 2. The lowest BCUT2D eigenvalue weighted by atomic mass is 10.3. The lowest BCUT2D eigenvalue weighted by Gasteiger charge is -2.26. The monoisotopic (exact) mass is 613 g/mol. The van der Waals surface area contributed by atoms with Crippen LogP contribution < -0.4 is 14.4 Å². The van der Waals surface area contributed by atoms with Crippen LogP contribution in [0.5, 0.6) is 5.75 Å². The molecule has 1 amide bonds. The van der Waals surface area contributed by atoms with Crippen LogP contribution in [-0.2, 0) is 29.6 Å². The van der Waals surface area contributed by atoms with E-state index in [0.29, 0.717) is 0 Å². The van der Waals surface area contributed by atoms with Gasteiger partial charge in [-0.25, -0.2) is 16.8 Å². The number of hydrogen-bond donors (Lipinski definition) is 1. The van der Waals surface area contributed by atoms with Gasteiger partial charge in [-0.05, 0) is 48.5 Å². The maximum absolute atomic E-state index is 13.6. The molecule has 3 aromatic rings. The number of carbonyl (C=O) groups excluding carboxylic acids is 1. The van der Waals surface area contributed by atoms with Crippen LogP contribution in [0.3, 0.4) is 0 Å². The molecule has 1 aliphatic heterocycles. The summed E-state index contributed by atoms with van der Waals surface area (Å²) >= 11 is 12.3. The molecular formula is C25H25Cl2N3O7S2. The molecule has 0 unspecified atom stereocenters. The molecule has 10 nitrogen and oxygen atoms in total. The van der Waals surface area contributed by atoms with E-state index < -0.39 is 32.5 Å². The van der Waals surface area contributed by atoms with Crippen molar-refractivity contribution in [3.8, 4) is 5.75 Å². The molecule has 208 valence electrons. The Morgan fingerprint density at radius 1 is 0.974 bits per heavy atom. The van der Waals surface area contributed by atoms with Gasteiger partial charge >= 0.3 is 0 Å². The van der Waals surface area contributed by atoms with Crippen molar-refractivity contribution >= 4 is 60.5 Å². The molecule has 0 aromatic heterocycles. The summed E-state index contributed by atoms with van der Waals surface area (Å²) in [4.78, 5) is 13.1. The number of carbonyl (C=O) groups is 1.